The normalized spacial score (nSPS) is 35.8. The highest BCUT2D eigenvalue weighted by atomic mass is 16.5. The minimum absolute atomic E-state index is 0.107. The van der Waals surface area contributed by atoms with Crippen molar-refractivity contribution < 1.29 is 4.74 Å². The molecule has 2 aromatic heterocycles. The van der Waals surface area contributed by atoms with E-state index < -0.39 is 0 Å². The maximum Gasteiger partial charge on any atom is 0.136 e. The summed E-state index contributed by atoms with van der Waals surface area (Å²) in [5.41, 5.74) is 2.54. The molecule has 2 unspecified atom stereocenters. The molecule has 0 N–H and O–H groups in total. The fraction of sp³-hybridized carbons (Fsp3) is 0.500. The van der Waals surface area contributed by atoms with Crippen molar-refractivity contribution in [1.29, 1.82) is 0 Å². The third kappa shape index (κ3) is 1.23. The highest BCUT2D eigenvalue weighted by Crippen LogP contribution is 2.53. The Morgan fingerprint density at radius 1 is 1.35 bits per heavy atom. The van der Waals surface area contributed by atoms with Gasteiger partial charge in [-0.3, -0.25) is 0 Å². The fourth-order valence-corrected chi connectivity index (χ4v) is 3.44. The average Bonchev–Trinajstić information content (AvgIpc) is 2.97. The van der Waals surface area contributed by atoms with Gasteiger partial charge in [0, 0.05) is 17.8 Å². The fourth-order valence-electron chi connectivity index (χ4n) is 3.44. The van der Waals surface area contributed by atoms with Crippen LogP contribution in [-0.4, -0.2) is 21.6 Å². The molecule has 3 heterocycles. The summed E-state index contributed by atoms with van der Waals surface area (Å²) in [6.07, 6.45) is 7.75. The Labute approximate surface area is 100 Å². The summed E-state index contributed by atoms with van der Waals surface area (Å²) in [6.45, 7) is 3.07. The summed E-state index contributed by atoms with van der Waals surface area (Å²) in [5, 5.41) is 0. The van der Waals surface area contributed by atoms with Crippen LogP contribution in [0.15, 0.2) is 30.6 Å². The maximum atomic E-state index is 5.94. The van der Waals surface area contributed by atoms with Crippen LogP contribution in [0.4, 0.5) is 0 Å². The molecule has 2 fully saturated rings. The number of nitrogens with zero attached hydrogens (tertiary/aromatic N) is 2. The standard InChI is InChI=1S/C14H16N2O/c1-13-5-6-14(9-13,10-17-13)11-8-16-7-3-2-4-12(16)15-11/h2-4,7-8H,5-6,9-10H2,1H3. The molecule has 0 radical (unpaired) electrons. The van der Waals surface area contributed by atoms with Crippen LogP contribution < -0.4 is 0 Å². The van der Waals surface area contributed by atoms with Crippen molar-refractivity contribution in [2.24, 2.45) is 0 Å². The first-order valence-corrected chi connectivity index (χ1v) is 6.28. The molecule has 2 atom stereocenters. The first kappa shape index (κ1) is 9.66. The Morgan fingerprint density at radius 3 is 2.94 bits per heavy atom. The van der Waals surface area contributed by atoms with Gasteiger partial charge in [-0.15, -0.1) is 0 Å². The van der Waals surface area contributed by atoms with Gasteiger partial charge in [0.05, 0.1) is 17.9 Å². The van der Waals surface area contributed by atoms with Gasteiger partial charge in [-0.05, 0) is 38.3 Å². The van der Waals surface area contributed by atoms with Crippen molar-refractivity contribution >= 4 is 5.65 Å². The maximum absolute atomic E-state index is 5.94. The highest BCUT2D eigenvalue weighted by Gasteiger charge is 2.55. The Bertz CT molecular complexity index is 546. The molecule has 4 rings (SSSR count). The lowest BCUT2D eigenvalue weighted by molar-refractivity contribution is -0.00626. The van der Waals surface area contributed by atoms with Crippen molar-refractivity contribution in [3.63, 3.8) is 0 Å². The van der Waals surface area contributed by atoms with E-state index in [1.807, 2.05) is 12.1 Å². The zero-order valence-corrected chi connectivity index (χ0v) is 10.0. The topological polar surface area (TPSA) is 26.5 Å². The summed E-state index contributed by atoms with van der Waals surface area (Å²) >= 11 is 0. The number of aromatic nitrogens is 2. The minimum atomic E-state index is 0.107. The molecule has 2 bridgehead atoms. The van der Waals surface area contributed by atoms with E-state index in [1.54, 1.807) is 0 Å². The van der Waals surface area contributed by atoms with Crippen molar-refractivity contribution in [1.82, 2.24) is 9.38 Å². The van der Waals surface area contributed by atoms with Gasteiger partial charge in [-0.1, -0.05) is 6.07 Å². The molecule has 0 aromatic carbocycles. The van der Waals surface area contributed by atoms with E-state index in [1.165, 1.54) is 18.5 Å². The molecular formula is C14H16N2O. The van der Waals surface area contributed by atoms with E-state index in [0.29, 0.717) is 0 Å². The van der Waals surface area contributed by atoms with Crippen molar-refractivity contribution in [3.8, 4) is 0 Å². The van der Waals surface area contributed by atoms with Crippen LogP contribution in [-0.2, 0) is 10.2 Å². The summed E-state index contributed by atoms with van der Waals surface area (Å²) in [7, 11) is 0. The third-order valence-electron chi connectivity index (χ3n) is 4.45. The largest absolute Gasteiger partial charge is 0.374 e. The van der Waals surface area contributed by atoms with E-state index in [-0.39, 0.29) is 11.0 Å². The van der Waals surface area contributed by atoms with E-state index >= 15 is 0 Å². The molecule has 1 aliphatic carbocycles. The van der Waals surface area contributed by atoms with Crippen LogP contribution in [0.2, 0.25) is 0 Å². The predicted octanol–water partition coefficient (Wildman–Crippen LogP) is 2.54. The van der Waals surface area contributed by atoms with Crippen LogP contribution >= 0.6 is 0 Å². The van der Waals surface area contributed by atoms with Gasteiger partial charge in [-0.25, -0.2) is 4.98 Å². The predicted molar refractivity (Wildman–Crippen MR) is 65.1 cm³/mol. The first-order chi connectivity index (χ1) is 8.19. The molecule has 2 aliphatic rings. The quantitative estimate of drug-likeness (QED) is 0.750. The zero-order chi connectivity index (χ0) is 11.5. The van der Waals surface area contributed by atoms with Gasteiger partial charge in [0.15, 0.2) is 0 Å². The Morgan fingerprint density at radius 2 is 2.29 bits per heavy atom. The molecule has 88 valence electrons. The number of hydrogen-bond donors (Lipinski definition) is 0. The molecule has 1 aliphatic heterocycles. The second kappa shape index (κ2) is 2.91. The van der Waals surface area contributed by atoms with Crippen LogP contribution in [0.3, 0.4) is 0 Å². The van der Waals surface area contributed by atoms with Crippen molar-refractivity contribution in [2.45, 2.75) is 37.2 Å². The molecular weight excluding hydrogens is 212 g/mol. The molecule has 2 aromatic rings. The summed E-state index contributed by atoms with van der Waals surface area (Å²) < 4.78 is 8.05. The number of ether oxygens (including phenoxy) is 1. The molecule has 1 saturated heterocycles. The highest BCUT2D eigenvalue weighted by molar-refractivity contribution is 5.42. The van der Waals surface area contributed by atoms with E-state index in [2.05, 4.69) is 29.8 Å². The molecule has 1 saturated carbocycles. The van der Waals surface area contributed by atoms with Crippen LogP contribution in [0, 0.1) is 0 Å². The van der Waals surface area contributed by atoms with Gasteiger partial charge in [0.1, 0.15) is 5.65 Å². The smallest absolute Gasteiger partial charge is 0.136 e. The van der Waals surface area contributed by atoms with Gasteiger partial charge in [0.25, 0.3) is 0 Å². The number of fused-ring (bicyclic) bond motifs is 3. The molecule has 0 amide bonds. The van der Waals surface area contributed by atoms with Crippen molar-refractivity contribution in [3.05, 3.63) is 36.3 Å². The number of hydrogen-bond acceptors (Lipinski definition) is 2. The zero-order valence-electron chi connectivity index (χ0n) is 10.0. The summed E-state index contributed by atoms with van der Waals surface area (Å²) in [4.78, 5) is 4.78. The third-order valence-corrected chi connectivity index (χ3v) is 4.45. The minimum Gasteiger partial charge on any atom is -0.374 e. The number of imidazole rings is 1. The SMILES string of the molecule is CC12CCC(c3cn4ccccc4n3)(CO1)C2. The average molecular weight is 228 g/mol. The van der Waals surface area contributed by atoms with Crippen molar-refractivity contribution in [2.75, 3.05) is 6.61 Å². The lowest BCUT2D eigenvalue weighted by atomic mass is 9.84. The van der Waals surface area contributed by atoms with Gasteiger partial charge >= 0.3 is 0 Å². The summed E-state index contributed by atoms with van der Waals surface area (Å²) in [6, 6.07) is 6.14. The monoisotopic (exact) mass is 228 g/mol. The Kier molecular flexibility index (Phi) is 1.65. The lowest BCUT2D eigenvalue weighted by Crippen LogP contribution is -2.26. The first-order valence-electron chi connectivity index (χ1n) is 6.28. The molecule has 3 nitrogen and oxygen atoms in total. The van der Waals surface area contributed by atoms with Gasteiger partial charge in [-0.2, -0.15) is 0 Å². The second-order valence-electron chi connectivity index (χ2n) is 5.79. The van der Waals surface area contributed by atoms with Crippen LogP contribution in [0.5, 0.6) is 0 Å². The molecule has 3 heteroatoms. The lowest BCUT2D eigenvalue weighted by Gasteiger charge is -2.24. The number of pyridine rings is 1. The van der Waals surface area contributed by atoms with E-state index in [4.69, 9.17) is 9.72 Å². The van der Waals surface area contributed by atoms with E-state index in [0.717, 1.165) is 18.7 Å². The molecule has 17 heavy (non-hydrogen) atoms. The second-order valence-corrected chi connectivity index (χ2v) is 5.79. The summed E-state index contributed by atoms with van der Waals surface area (Å²) in [5.74, 6) is 0. The molecule has 0 spiro atoms. The Balaban J connectivity index is 1.85. The van der Waals surface area contributed by atoms with Crippen LogP contribution in [0.1, 0.15) is 31.9 Å². The van der Waals surface area contributed by atoms with Crippen LogP contribution in [0.25, 0.3) is 5.65 Å². The van der Waals surface area contributed by atoms with Gasteiger partial charge in [0.2, 0.25) is 0 Å². The number of rotatable bonds is 1. The van der Waals surface area contributed by atoms with Gasteiger partial charge < -0.3 is 9.14 Å². The van der Waals surface area contributed by atoms with E-state index in [9.17, 15) is 0 Å². The Hall–Kier alpha value is -1.35.